The molecule has 0 unspecified atom stereocenters. The van der Waals surface area contributed by atoms with E-state index < -0.39 is 0 Å². The van der Waals surface area contributed by atoms with Gasteiger partial charge in [0, 0.05) is 11.3 Å². The first-order valence-corrected chi connectivity index (χ1v) is 7.75. The largest absolute Gasteiger partial charge is 0.461 e. The highest BCUT2D eigenvalue weighted by Crippen LogP contribution is 2.66. The molecule has 1 aromatic carbocycles. The maximum absolute atomic E-state index is 10.9. The van der Waals surface area contributed by atoms with Crippen LogP contribution in [0, 0.1) is 16.7 Å². The average Bonchev–Trinajstić information content (AvgIpc) is 2.78. The molecule has 0 heterocycles. The van der Waals surface area contributed by atoms with Crippen molar-refractivity contribution in [3.05, 3.63) is 35.9 Å². The molecule has 2 aliphatic rings. The van der Waals surface area contributed by atoms with E-state index in [-0.39, 0.29) is 23.0 Å². The van der Waals surface area contributed by atoms with Gasteiger partial charge in [0.15, 0.2) is 0 Å². The normalized spacial score (nSPS) is 36.6. The number of fused-ring (bicyclic) bond motifs is 2. The van der Waals surface area contributed by atoms with Gasteiger partial charge in [-0.05, 0) is 23.8 Å². The highest BCUT2D eigenvalue weighted by Gasteiger charge is 2.67. The molecule has 2 bridgehead atoms. The first-order valence-electron chi connectivity index (χ1n) is 7.75. The van der Waals surface area contributed by atoms with Crippen molar-refractivity contribution < 1.29 is 14.3 Å². The first kappa shape index (κ1) is 14.6. The molecule has 3 rings (SSSR count). The smallest absolute Gasteiger partial charge is 0.293 e. The van der Waals surface area contributed by atoms with Crippen molar-refractivity contribution in [3.63, 3.8) is 0 Å². The summed E-state index contributed by atoms with van der Waals surface area (Å²) >= 11 is 0. The van der Waals surface area contributed by atoms with Gasteiger partial charge in [-0.1, -0.05) is 51.1 Å². The van der Waals surface area contributed by atoms with Crippen LogP contribution < -0.4 is 0 Å². The van der Waals surface area contributed by atoms with Crippen molar-refractivity contribution in [2.45, 2.75) is 52.4 Å². The second-order valence-electron chi connectivity index (χ2n) is 7.20. The zero-order valence-corrected chi connectivity index (χ0v) is 13.0. The van der Waals surface area contributed by atoms with Crippen molar-refractivity contribution in [2.24, 2.45) is 16.7 Å². The summed E-state index contributed by atoms with van der Waals surface area (Å²) in [5.41, 5.74) is 1.37. The summed E-state index contributed by atoms with van der Waals surface area (Å²) in [6.07, 6.45) is 2.13. The van der Waals surface area contributed by atoms with E-state index in [4.69, 9.17) is 9.47 Å². The summed E-state index contributed by atoms with van der Waals surface area (Å²) in [4.78, 5) is 10.9. The monoisotopic (exact) mass is 288 g/mol. The molecule has 114 valence electrons. The maximum Gasteiger partial charge on any atom is 0.293 e. The van der Waals surface area contributed by atoms with Gasteiger partial charge >= 0.3 is 0 Å². The summed E-state index contributed by atoms with van der Waals surface area (Å²) < 4.78 is 11.7. The molecule has 0 amide bonds. The summed E-state index contributed by atoms with van der Waals surface area (Å²) in [6, 6.07) is 10.2. The lowest BCUT2D eigenvalue weighted by molar-refractivity contribution is -0.153. The molecule has 0 spiro atoms. The van der Waals surface area contributed by atoms with Crippen molar-refractivity contribution in [1.29, 1.82) is 0 Å². The fourth-order valence-electron chi connectivity index (χ4n) is 4.49. The number of rotatable bonds is 5. The Balaban J connectivity index is 1.80. The van der Waals surface area contributed by atoms with Gasteiger partial charge < -0.3 is 9.47 Å². The summed E-state index contributed by atoms with van der Waals surface area (Å²) in [5, 5.41) is 0. The minimum atomic E-state index is -0.111. The number of carbonyl (C=O) groups excluding carboxylic acids is 1. The fraction of sp³-hybridized carbons (Fsp3) is 0.611. The van der Waals surface area contributed by atoms with Crippen molar-refractivity contribution >= 4 is 6.47 Å². The van der Waals surface area contributed by atoms with Crippen LogP contribution in [0.3, 0.4) is 0 Å². The molecule has 3 heteroatoms. The van der Waals surface area contributed by atoms with Gasteiger partial charge in [0.2, 0.25) is 0 Å². The van der Waals surface area contributed by atoms with Crippen LogP contribution in [0.15, 0.2) is 30.3 Å². The number of hydrogen-bond donors (Lipinski definition) is 0. The van der Waals surface area contributed by atoms with E-state index in [1.165, 1.54) is 0 Å². The predicted molar refractivity (Wildman–Crippen MR) is 80.6 cm³/mol. The molecule has 3 nitrogen and oxygen atoms in total. The number of benzene rings is 1. The van der Waals surface area contributed by atoms with Gasteiger partial charge in [0.1, 0.15) is 12.2 Å². The number of ether oxygens (including phenoxy) is 2. The molecular weight excluding hydrogens is 264 g/mol. The van der Waals surface area contributed by atoms with Crippen LogP contribution in [-0.2, 0) is 20.9 Å². The van der Waals surface area contributed by atoms with Crippen LogP contribution in [0.4, 0.5) is 0 Å². The van der Waals surface area contributed by atoms with Crippen LogP contribution in [0.2, 0.25) is 0 Å². The summed E-state index contributed by atoms with van der Waals surface area (Å²) in [7, 11) is 0. The van der Waals surface area contributed by atoms with Crippen LogP contribution in [-0.4, -0.2) is 18.7 Å². The SMILES string of the molecule is CC1(C)[C@@H]2CC[C@@]1(C)[C@H](OCc1ccccc1)[C@@H]2OC=O. The van der Waals surface area contributed by atoms with Gasteiger partial charge in [-0.2, -0.15) is 0 Å². The van der Waals surface area contributed by atoms with Gasteiger partial charge in [0.25, 0.3) is 6.47 Å². The van der Waals surface area contributed by atoms with Gasteiger partial charge in [-0.25, -0.2) is 0 Å². The van der Waals surface area contributed by atoms with Crippen LogP contribution in [0.25, 0.3) is 0 Å². The quantitative estimate of drug-likeness (QED) is 0.777. The maximum atomic E-state index is 10.9. The van der Waals surface area contributed by atoms with E-state index >= 15 is 0 Å². The third kappa shape index (κ3) is 2.10. The topological polar surface area (TPSA) is 35.5 Å². The van der Waals surface area contributed by atoms with E-state index in [9.17, 15) is 4.79 Å². The fourth-order valence-corrected chi connectivity index (χ4v) is 4.49. The second-order valence-corrected chi connectivity index (χ2v) is 7.20. The lowest BCUT2D eigenvalue weighted by Crippen LogP contribution is -2.42. The van der Waals surface area contributed by atoms with Crippen molar-refractivity contribution in [1.82, 2.24) is 0 Å². The Bertz CT molecular complexity index is 510. The first-order chi connectivity index (χ1) is 10.0. The van der Waals surface area contributed by atoms with Crippen LogP contribution in [0.5, 0.6) is 0 Å². The molecule has 0 saturated heterocycles. The third-order valence-electron chi connectivity index (χ3n) is 6.18. The lowest BCUT2D eigenvalue weighted by Gasteiger charge is -2.39. The van der Waals surface area contributed by atoms with E-state index in [0.717, 1.165) is 18.4 Å². The van der Waals surface area contributed by atoms with Gasteiger partial charge in [-0.15, -0.1) is 0 Å². The Morgan fingerprint density at radius 2 is 1.95 bits per heavy atom. The van der Waals surface area contributed by atoms with Crippen molar-refractivity contribution in [3.8, 4) is 0 Å². The summed E-state index contributed by atoms with van der Waals surface area (Å²) in [6.45, 7) is 8.03. The molecule has 2 saturated carbocycles. The molecule has 2 fully saturated rings. The molecule has 0 radical (unpaired) electrons. The number of carbonyl (C=O) groups is 1. The second kappa shape index (κ2) is 5.13. The Labute approximate surface area is 126 Å². The van der Waals surface area contributed by atoms with Gasteiger partial charge in [-0.3, -0.25) is 4.79 Å². The molecule has 0 N–H and O–H groups in total. The molecule has 4 atom stereocenters. The minimum absolute atomic E-state index is 0.0170. The third-order valence-corrected chi connectivity index (χ3v) is 6.18. The van der Waals surface area contributed by atoms with E-state index in [2.05, 4.69) is 32.9 Å². The Kier molecular flexibility index (Phi) is 3.56. The van der Waals surface area contributed by atoms with Crippen molar-refractivity contribution in [2.75, 3.05) is 0 Å². The molecule has 2 aliphatic carbocycles. The number of hydrogen-bond acceptors (Lipinski definition) is 3. The molecule has 21 heavy (non-hydrogen) atoms. The Hall–Kier alpha value is -1.35. The highest BCUT2D eigenvalue weighted by molar-refractivity contribution is 5.38. The molecule has 0 aliphatic heterocycles. The molecular formula is C18H24O3. The van der Waals surface area contributed by atoms with Crippen LogP contribution in [0.1, 0.15) is 39.2 Å². The summed E-state index contributed by atoms with van der Waals surface area (Å²) in [5.74, 6) is 0.397. The Morgan fingerprint density at radius 1 is 1.24 bits per heavy atom. The van der Waals surface area contributed by atoms with E-state index in [0.29, 0.717) is 19.0 Å². The zero-order chi connectivity index (χ0) is 15.1. The predicted octanol–water partition coefficient (Wildman–Crippen LogP) is 3.57. The average molecular weight is 288 g/mol. The zero-order valence-electron chi connectivity index (χ0n) is 13.0. The standard InChI is InChI=1S/C18H24O3/c1-17(2)14-9-10-18(17,3)16(15(14)21-12-19)20-11-13-7-5-4-6-8-13/h4-8,12,14-16H,9-11H2,1-3H3/t14-,15-,16-,18+/m1/s1. The van der Waals surface area contributed by atoms with Crippen LogP contribution >= 0.6 is 0 Å². The Morgan fingerprint density at radius 3 is 2.62 bits per heavy atom. The minimum Gasteiger partial charge on any atom is -0.461 e. The molecule has 0 aromatic heterocycles. The lowest BCUT2D eigenvalue weighted by atomic mass is 9.70. The molecule has 1 aromatic rings. The van der Waals surface area contributed by atoms with Gasteiger partial charge in [0.05, 0.1) is 6.61 Å². The van der Waals surface area contributed by atoms with E-state index in [1.807, 2.05) is 18.2 Å². The highest BCUT2D eigenvalue weighted by atomic mass is 16.6. The van der Waals surface area contributed by atoms with E-state index in [1.54, 1.807) is 0 Å².